The van der Waals surface area contributed by atoms with E-state index in [0.717, 1.165) is 107 Å². The molecule has 1 aliphatic rings. The van der Waals surface area contributed by atoms with Crippen molar-refractivity contribution in [3.8, 4) is 78.7 Å². The van der Waals surface area contributed by atoms with Crippen molar-refractivity contribution >= 4 is 39.0 Å². The number of ether oxygens (including phenoxy) is 1. The predicted molar refractivity (Wildman–Crippen MR) is 253 cm³/mol. The fraction of sp³-hybridized carbons (Fsp3) is 0. The van der Waals surface area contributed by atoms with Gasteiger partial charge in [-0.2, -0.15) is 0 Å². The first-order valence-electron chi connectivity index (χ1n) is 20.9. The minimum absolute atomic E-state index is 0.744. The molecule has 0 fully saturated rings. The van der Waals surface area contributed by atoms with Crippen LogP contribution in [-0.2, 0) is 0 Å². The Morgan fingerprint density at radius 2 is 0.677 bits per heavy atom. The Labute approximate surface area is 359 Å². The number of fused-ring (bicyclic) bond motifs is 4. The molecule has 62 heavy (non-hydrogen) atoms. The van der Waals surface area contributed by atoms with E-state index in [-0.39, 0.29) is 0 Å². The molecule has 0 radical (unpaired) electrons. The van der Waals surface area contributed by atoms with E-state index in [1.165, 1.54) is 11.1 Å². The van der Waals surface area contributed by atoms with Crippen molar-refractivity contribution in [2.45, 2.75) is 0 Å². The fourth-order valence-corrected chi connectivity index (χ4v) is 8.80. The molecule has 2 aromatic heterocycles. The Kier molecular flexibility index (Phi) is 8.46. The predicted octanol–water partition coefficient (Wildman–Crippen LogP) is 16.8. The standard InChI is InChI=1S/C58H37NO3/c1-3-12-38(13-4-1)40-22-26-42(27-23-40)48-18-11-19-49(43-28-24-41(25-29-43)39-14-5-2-6-15-39)58(48)59-50-34-46(56-36-44-16-7-9-20-52(44)60-56)30-32-54(50)62-55-33-31-47(35-51(55)59)57-37-45-17-8-10-21-53(45)61-57/h1-37H. The van der Waals surface area contributed by atoms with Crippen LogP contribution in [0.5, 0.6) is 11.5 Å². The zero-order valence-electron chi connectivity index (χ0n) is 33.5. The summed E-state index contributed by atoms with van der Waals surface area (Å²) in [5.74, 6) is 3.07. The van der Waals surface area contributed by atoms with Crippen molar-refractivity contribution in [3.63, 3.8) is 0 Å². The highest BCUT2D eigenvalue weighted by Crippen LogP contribution is 2.56. The summed E-state index contributed by atoms with van der Waals surface area (Å²) >= 11 is 0. The minimum Gasteiger partial charge on any atom is -0.456 e. The number of anilines is 3. The molecule has 0 amide bonds. The van der Waals surface area contributed by atoms with Gasteiger partial charge in [0.25, 0.3) is 0 Å². The van der Waals surface area contributed by atoms with Gasteiger partial charge in [0.2, 0.25) is 0 Å². The number of furan rings is 2. The number of nitrogens with zero attached hydrogens (tertiary/aromatic N) is 1. The molecule has 0 atom stereocenters. The third kappa shape index (κ3) is 6.25. The van der Waals surface area contributed by atoms with E-state index in [1.807, 2.05) is 36.4 Å². The van der Waals surface area contributed by atoms with E-state index in [9.17, 15) is 0 Å². The molecule has 9 aromatic carbocycles. The molecule has 0 aliphatic carbocycles. The first-order valence-corrected chi connectivity index (χ1v) is 20.9. The molecule has 12 rings (SSSR count). The minimum atomic E-state index is 0.744. The van der Waals surface area contributed by atoms with Crippen LogP contribution in [0, 0.1) is 0 Å². The second-order valence-corrected chi connectivity index (χ2v) is 15.7. The highest BCUT2D eigenvalue weighted by atomic mass is 16.5. The Bertz CT molecular complexity index is 3130. The molecular weight excluding hydrogens is 759 g/mol. The van der Waals surface area contributed by atoms with Gasteiger partial charge in [0.05, 0.1) is 17.1 Å². The zero-order chi connectivity index (χ0) is 41.0. The first kappa shape index (κ1) is 35.6. The lowest BCUT2D eigenvalue weighted by Crippen LogP contribution is -2.18. The van der Waals surface area contributed by atoms with E-state index < -0.39 is 0 Å². The van der Waals surface area contributed by atoms with Crippen LogP contribution in [0.15, 0.2) is 233 Å². The van der Waals surface area contributed by atoms with Gasteiger partial charge in [-0.05, 0) is 94.0 Å². The molecule has 11 aromatic rings. The summed E-state index contributed by atoms with van der Waals surface area (Å²) in [6, 6.07) is 78.7. The number of benzene rings is 9. The van der Waals surface area contributed by atoms with Crippen molar-refractivity contribution in [2.75, 3.05) is 4.90 Å². The molecule has 0 saturated heterocycles. The molecule has 4 nitrogen and oxygen atoms in total. The maximum atomic E-state index is 6.85. The number of hydrogen-bond acceptors (Lipinski definition) is 4. The van der Waals surface area contributed by atoms with Crippen LogP contribution in [-0.4, -0.2) is 0 Å². The van der Waals surface area contributed by atoms with Crippen molar-refractivity contribution in [3.05, 3.63) is 224 Å². The Morgan fingerprint density at radius 3 is 1.13 bits per heavy atom. The summed E-state index contributed by atoms with van der Waals surface area (Å²) < 4.78 is 19.8. The van der Waals surface area contributed by atoms with Gasteiger partial charge in [0.1, 0.15) is 22.7 Å². The van der Waals surface area contributed by atoms with Gasteiger partial charge in [0, 0.05) is 33.0 Å². The molecule has 0 unspecified atom stereocenters. The normalized spacial score (nSPS) is 12.0. The Balaban J connectivity index is 1.10. The second kappa shape index (κ2) is 14.7. The average molecular weight is 796 g/mol. The highest BCUT2D eigenvalue weighted by molar-refractivity contribution is 6.02. The Morgan fingerprint density at radius 1 is 0.290 bits per heavy atom. The molecular formula is C58H37NO3. The average Bonchev–Trinajstić information content (AvgIpc) is 3.99. The Hall–Kier alpha value is -8.34. The van der Waals surface area contributed by atoms with Gasteiger partial charge in [-0.3, -0.25) is 0 Å². The maximum Gasteiger partial charge on any atom is 0.151 e. The molecule has 1 aliphatic heterocycles. The lowest BCUT2D eigenvalue weighted by molar-refractivity contribution is 0.477. The molecule has 3 heterocycles. The largest absolute Gasteiger partial charge is 0.456 e. The van der Waals surface area contributed by atoms with Gasteiger partial charge in [-0.25, -0.2) is 0 Å². The number of rotatable bonds is 7. The lowest BCUT2D eigenvalue weighted by Gasteiger charge is -2.36. The van der Waals surface area contributed by atoms with Crippen LogP contribution >= 0.6 is 0 Å². The topological polar surface area (TPSA) is 38.8 Å². The molecule has 292 valence electrons. The molecule has 0 bridgehead atoms. The van der Waals surface area contributed by atoms with Crippen LogP contribution in [0.3, 0.4) is 0 Å². The van der Waals surface area contributed by atoms with Gasteiger partial charge in [-0.15, -0.1) is 0 Å². The van der Waals surface area contributed by atoms with Crippen LogP contribution in [0.1, 0.15) is 0 Å². The van der Waals surface area contributed by atoms with Crippen molar-refractivity contribution in [1.82, 2.24) is 0 Å². The van der Waals surface area contributed by atoms with E-state index in [1.54, 1.807) is 0 Å². The van der Waals surface area contributed by atoms with Gasteiger partial charge < -0.3 is 18.5 Å². The maximum absolute atomic E-state index is 6.85. The van der Waals surface area contributed by atoms with Gasteiger partial charge in [0.15, 0.2) is 11.5 Å². The summed E-state index contributed by atoms with van der Waals surface area (Å²) in [6.45, 7) is 0. The molecule has 0 N–H and O–H groups in total. The van der Waals surface area contributed by atoms with E-state index in [4.69, 9.17) is 13.6 Å². The number of para-hydroxylation sites is 3. The van der Waals surface area contributed by atoms with E-state index in [2.05, 4.69) is 193 Å². The van der Waals surface area contributed by atoms with Crippen molar-refractivity contribution < 1.29 is 13.6 Å². The SMILES string of the molecule is c1ccc(-c2ccc(-c3cccc(-c4ccc(-c5ccccc5)cc4)c3N3c4cc(-c5cc6ccccc6o5)ccc4Oc4ccc(-c5cc6ccccc6o5)cc43)cc2)cc1. The molecule has 0 spiro atoms. The third-order valence-electron chi connectivity index (χ3n) is 11.9. The van der Waals surface area contributed by atoms with Crippen LogP contribution in [0.2, 0.25) is 0 Å². The molecule has 4 heteroatoms. The second-order valence-electron chi connectivity index (χ2n) is 15.7. The van der Waals surface area contributed by atoms with Gasteiger partial charge in [-0.1, -0.05) is 164 Å². The monoisotopic (exact) mass is 795 g/mol. The van der Waals surface area contributed by atoms with Gasteiger partial charge >= 0.3 is 0 Å². The summed E-state index contributed by atoms with van der Waals surface area (Å²) in [4.78, 5) is 2.38. The van der Waals surface area contributed by atoms with Crippen molar-refractivity contribution in [1.29, 1.82) is 0 Å². The summed E-state index contributed by atoms with van der Waals surface area (Å²) in [6.07, 6.45) is 0. The number of hydrogen-bond donors (Lipinski definition) is 0. The zero-order valence-corrected chi connectivity index (χ0v) is 33.5. The first-order chi connectivity index (χ1) is 30.7. The summed E-state index contributed by atoms with van der Waals surface area (Å²) in [5.41, 5.74) is 15.4. The van der Waals surface area contributed by atoms with Crippen LogP contribution in [0.4, 0.5) is 17.1 Å². The lowest BCUT2D eigenvalue weighted by atomic mass is 9.92. The third-order valence-corrected chi connectivity index (χ3v) is 11.9. The highest BCUT2D eigenvalue weighted by Gasteiger charge is 2.31. The quantitative estimate of drug-likeness (QED) is 0.161. The van der Waals surface area contributed by atoms with E-state index >= 15 is 0 Å². The van der Waals surface area contributed by atoms with Crippen molar-refractivity contribution in [2.24, 2.45) is 0 Å². The van der Waals surface area contributed by atoms with E-state index in [0.29, 0.717) is 0 Å². The smallest absolute Gasteiger partial charge is 0.151 e. The fourth-order valence-electron chi connectivity index (χ4n) is 8.80. The van der Waals surface area contributed by atoms with Crippen LogP contribution < -0.4 is 9.64 Å². The molecule has 0 saturated carbocycles. The summed E-state index contributed by atoms with van der Waals surface area (Å²) in [5, 5.41) is 2.11. The summed E-state index contributed by atoms with van der Waals surface area (Å²) in [7, 11) is 0. The van der Waals surface area contributed by atoms with Crippen LogP contribution in [0.25, 0.3) is 89.1 Å².